The lowest BCUT2D eigenvalue weighted by Gasteiger charge is -2.46. The Hall–Kier alpha value is -1.91. The van der Waals surface area contributed by atoms with Gasteiger partial charge in [0.05, 0.1) is 0 Å². The minimum atomic E-state index is -0.335. The van der Waals surface area contributed by atoms with Crippen LogP contribution in [0.1, 0.15) is 61.7 Å². The van der Waals surface area contributed by atoms with Gasteiger partial charge >= 0.3 is 0 Å². The van der Waals surface area contributed by atoms with Crippen LogP contribution in [0.4, 0.5) is 4.39 Å². The molecule has 0 N–H and O–H groups in total. The van der Waals surface area contributed by atoms with Crippen LogP contribution in [0.5, 0.6) is 0 Å². The van der Waals surface area contributed by atoms with Crippen LogP contribution in [0.3, 0.4) is 0 Å². The second-order valence-corrected chi connectivity index (χ2v) is 8.36. The first kappa shape index (κ1) is 18.5. The fourth-order valence-electron chi connectivity index (χ4n) is 5.24. The number of amides is 2. The molecule has 2 atom stereocenters. The highest BCUT2D eigenvalue weighted by molar-refractivity contribution is 5.94. The van der Waals surface area contributed by atoms with E-state index in [9.17, 15) is 14.0 Å². The number of piperidine rings is 2. The van der Waals surface area contributed by atoms with Gasteiger partial charge in [-0.2, -0.15) is 0 Å². The van der Waals surface area contributed by atoms with Crippen molar-refractivity contribution in [2.24, 2.45) is 11.8 Å². The number of hydrogen-bond donors (Lipinski definition) is 0. The molecule has 1 aliphatic carbocycles. The van der Waals surface area contributed by atoms with Crippen molar-refractivity contribution in [2.45, 2.75) is 57.4 Å². The molecule has 2 heterocycles. The number of rotatable bonds is 2. The smallest absolute Gasteiger partial charge is 0.253 e. The number of fused-ring (bicyclic) bond motifs is 1. The van der Waals surface area contributed by atoms with Gasteiger partial charge in [0, 0.05) is 37.2 Å². The van der Waals surface area contributed by atoms with E-state index in [0.29, 0.717) is 36.5 Å². The number of likely N-dealkylation sites (tertiary alicyclic amines) is 2. The quantitative estimate of drug-likeness (QED) is 0.791. The van der Waals surface area contributed by atoms with E-state index in [1.54, 1.807) is 4.90 Å². The largest absolute Gasteiger partial charge is 0.339 e. The second kappa shape index (κ2) is 7.99. The summed E-state index contributed by atoms with van der Waals surface area (Å²) >= 11 is 0. The maximum Gasteiger partial charge on any atom is 0.253 e. The lowest BCUT2D eigenvalue weighted by molar-refractivity contribution is -0.143. The van der Waals surface area contributed by atoms with Gasteiger partial charge in [0.2, 0.25) is 5.91 Å². The molecule has 2 saturated heterocycles. The summed E-state index contributed by atoms with van der Waals surface area (Å²) < 4.78 is 13.1. The molecule has 4 rings (SSSR count). The fourth-order valence-corrected chi connectivity index (χ4v) is 5.24. The summed E-state index contributed by atoms with van der Waals surface area (Å²) in [5, 5.41) is 0. The van der Waals surface area contributed by atoms with Crippen molar-refractivity contribution in [3.63, 3.8) is 0 Å². The zero-order chi connectivity index (χ0) is 18.8. The molecule has 0 radical (unpaired) electrons. The Balaban J connectivity index is 1.35. The van der Waals surface area contributed by atoms with Gasteiger partial charge in [-0.1, -0.05) is 12.8 Å². The van der Waals surface area contributed by atoms with E-state index in [2.05, 4.69) is 4.90 Å². The van der Waals surface area contributed by atoms with Crippen molar-refractivity contribution < 1.29 is 14.0 Å². The molecule has 3 aliphatic rings. The minimum absolute atomic E-state index is 0.0444. The summed E-state index contributed by atoms with van der Waals surface area (Å²) in [5.74, 6) is 0.671. The van der Waals surface area contributed by atoms with E-state index in [0.717, 1.165) is 32.2 Å². The first-order valence-electron chi connectivity index (χ1n) is 10.5. The minimum Gasteiger partial charge on any atom is -0.339 e. The van der Waals surface area contributed by atoms with E-state index < -0.39 is 0 Å². The van der Waals surface area contributed by atoms with Crippen LogP contribution in [0.2, 0.25) is 0 Å². The van der Waals surface area contributed by atoms with E-state index in [4.69, 9.17) is 0 Å². The summed E-state index contributed by atoms with van der Waals surface area (Å²) in [6, 6.07) is 6.16. The number of hydrogen-bond acceptors (Lipinski definition) is 2. The maximum atomic E-state index is 13.2. The molecular weight excluding hydrogens is 343 g/mol. The second-order valence-electron chi connectivity index (χ2n) is 8.36. The van der Waals surface area contributed by atoms with Crippen LogP contribution in [0.25, 0.3) is 0 Å². The van der Waals surface area contributed by atoms with Crippen molar-refractivity contribution in [1.29, 1.82) is 0 Å². The zero-order valence-electron chi connectivity index (χ0n) is 15.9. The molecule has 0 bridgehead atoms. The SMILES string of the molecule is O=C(c1ccc(F)cc1)N1CCC(C(=O)N2CCC[C@@H]3CCCC[C@H]32)CC1. The van der Waals surface area contributed by atoms with E-state index >= 15 is 0 Å². The van der Waals surface area contributed by atoms with Crippen LogP contribution in [-0.2, 0) is 4.79 Å². The van der Waals surface area contributed by atoms with Gasteiger partial charge < -0.3 is 9.80 Å². The topological polar surface area (TPSA) is 40.6 Å². The third-order valence-electron chi connectivity index (χ3n) is 6.75. The number of benzene rings is 1. The Bertz CT molecular complexity index is 680. The Morgan fingerprint density at radius 1 is 0.852 bits per heavy atom. The van der Waals surface area contributed by atoms with Crippen molar-refractivity contribution in [3.8, 4) is 0 Å². The molecule has 1 saturated carbocycles. The molecular formula is C22H29FN2O2. The molecule has 1 aromatic rings. The highest BCUT2D eigenvalue weighted by atomic mass is 19.1. The Morgan fingerprint density at radius 3 is 2.26 bits per heavy atom. The van der Waals surface area contributed by atoms with Crippen molar-refractivity contribution in [1.82, 2.24) is 9.80 Å². The fraction of sp³-hybridized carbons (Fsp3) is 0.636. The number of nitrogens with zero attached hydrogens (tertiary/aromatic N) is 2. The van der Waals surface area contributed by atoms with Gasteiger partial charge in [-0.3, -0.25) is 9.59 Å². The van der Waals surface area contributed by atoms with Crippen LogP contribution >= 0.6 is 0 Å². The number of halogens is 1. The first-order valence-corrected chi connectivity index (χ1v) is 10.5. The molecule has 0 unspecified atom stereocenters. The summed E-state index contributed by atoms with van der Waals surface area (Å²) in [6.07, 6.45) is 8.88. The van der Waals surface area contributed by atoms with Gasteiger partial charge in [0.15, 0.2) is 0 Å². The molecule has 0 aromatic heterocycles. The highest BCUT2D eigenvalue weighted by Gasteiger charge is 2.39. The molecule has 0 spiro atoms. The summed E-state index contributed by atoms with van der Waals surface area (Å²) in [7, 11) is 0. The Morgan fingerprint density at radius 2 is 1.52 bits per heavy atom. The van der Waals surface area contributed by atoms with Gasteiger partial charge in [-0.15, -0.1) is 0 Å². The van der Waals surface area contributed by atoms with Crippen LogP contribution in [0.15, 0.2) is 24.3 Å². The van der Waals surface area contributed by atoms with E-state index in [1.165, 1.54) is 49.9 Å². The van der Waals surface area contributed by atoms with Crippen molar-refractivity contribution in [2.75, 3.05) is 19.6 Å². The average Bonchev–Trinajstić information content (AvgIpc) is 2.73. The number of carbonyl (C=O) groups is 2. The standard InChI is InChI=1S/C22H29FN2O2/c23-19-9-7-17(8-10-19)21(26)24-14-11-18(12-15-24)22(27)25-13-3-5-16-4-1-2-6-20(16)25/h7-10,16,18,20H,1-6,11-15H2/t16-,20+/m0/s1. The lowest BCUT2D eigenvalue weighted by atomic mass is 9.77. The monoisotopic (exact) mass is 372 g/mol. The average molecular weight is 372 g/mol. The number of carbonyl (C=O) groups excluding carboxylic acids is 2. The molecule has 5 heteroatoms. The normalized spacial score (nSPS) is 26.6. The molecule has 4 nitrogen and oxygen atoms in total. The molecule has 2 amide bonds. The van der Waals surface area contributed by atoms with Gasteiger partial charge in [-0.05, 0) is 68.7 Å². The Kier molecular flexibility index (Phi) is 5.46. The van der Waals surface area contributed by atoms with Crippen LogP contribution in [-0.4, -0.2) is 47.3 Å². The zero-order valence-corrected chi connectivity index (χ0v) is 15.9. The van der Waals surface area contributed by atoms with Crippen molar-refractivity contribution >= 4 is 11.8 Å². The first-order chi connectivity index (χ1) is 13.1. The predicted molar refractivity (Wildman–Crippen MR) is 102 cm³/mol. The molecule has 146 valence electrons. The third kappa shape index (κ3) is 3.87. The van der Waals surface area contributed by atoms with Gasteiger partial charge in [0.1, 0.15) is 5.82 Å². The molecule has 27 heavy (non-hydrogen) atoms. The van der Waals surface area contributed by atoms with E-state index in [1.807, 2.05) is 0 Å². The van der Waals surface area contributed by atoms with Crippen LogP contribution < -0.4 is 0 Å². The van der Waals surface area contributed by atoms with Crippen molar-refractivity contribution in [3.05, 3.63) is 35.6 Å². The lowest BCUT2D eigenvalue weighted by Crippen LogP contribution is -2.53. The predicted octanol–water partition coefficient (Wildman–Crippen LogP) is 3.86. The van der Waals surface area contributed by atoms with Gasteiger partial charge in [-0.25, -0.2) is 4.39 Å². The molecule has 1 aromatic carbocycles. The third-order valence-corrected chi connectivity index (χ3v) is 6.75. The molecule has 2 aliphatic heterocycles. The summed E-state index contributed by atoms with van der Waals surface area (Å²) in [4.78, 5) is 29.8. The highest BCUT2D eigenvalue weighted by Crippen LogP contribution is 2.36. The van der Waals surface area contributed by atoms with Crippen LogP contribution in [0, 0.1) is 17.7 Å². The Labute approximate surface area is 160 Å². The van der Waals surface area contributed by atoms with E-state index in [-0.39, 0.29) is 17.6 Å². The summed E-state index contributed by atoms with van der Waals surface area (Å²) in [6.45, 7) is 2.12. The summed E-state index contributed by atoms with van der Waals surface area (Å²) in [5.41, 5.74) is 0.516. The maximum absolute atomic E-state index is 13.2. The van der Waals surface area contributed by atoms with Gasteiger partial charge in [0.25, 0.3) is 5.91 Å². The molecule has 3 fully saturated rings.